The number of rotatable bonds is 4. The number of hydrogen-bond acceptors (Lipinski definition) is 3. The van der Waals surface area contributed by atoms with E-state index in [1.54, 1.807) is 0 Å². The van der Waals surface area contributed by atoms with Crippen LogP contribution in [0.1, 0.15) is 39.5 Å². The van der Waals surface area contributed by atoms with Crippen molar-refractivity contribution in [2.75, 3.05) is 27.3 Å². The lowest BCUT2D eigenvalue weighted by molar-refractivity contribution is 0.0663. The van der Waals surface area contributed by atoms with Crippen molar-refractivity contribution in [1.82, 2.24) is 10.2 Å². The predicted molar refractivity (Wildman–Crippen MR) is 75.8 cm³/mol. The van der Waals surface area contributed by atoms with Crippen LogP contribution in [0.15, 0.2) is 0 Å². The fourth-order valence-electron chi connectivity index (χ4n) is 3.68. The Morgan fingerprint density at radius 2 is 2.00 bits per heavy atom. The van der Waals surface area contributed by atoms with Gasteiger partial charge in [-0.1, -0.05) is 13.8 Å². The Morgan fingerprint density at radius 3 is 2.56 bits per heavy atom. The molecule has 2 rings (SSSR count). The summed E-state index contributed by atoms with van der Waals surface area (Å²) in [4.78, 5) is 2.60. The molecule has 4 atom stereocenters. The topological polar surface area (TPSA) is 24.5 Å². The molecule has 1 aliphatic carbocycles. The summed E-state index contributed by atoms with van der Waals surface area (Å²) < 4.78 is 5.55. The normalized spacial score (nSPS) is 37.7. The molecule has 0 spiro atoms. The smallest absolute Gasteiger partial charge is 0.0622 e. The van der Waals surface area contributed by atoms with E-state index in [4.69, 9.17) is 4.74 Å². The van der Waals surface area contributed by atoms with Gasteiger partial charge in [0, 0.05) is 24.7 Å². The van der Waals surface area contributed by atoms with Crippen LogP contribution in [0, 0.1) is 11.8 Å². The van der Waals surface area contributed by atoms with Crippen LogP contribution < -0.4 is 5.32 Å². The Kier molecular flexibility index (Phi) is 5.05. The van der Waals surface area contributed by atoms with Gasteiger partial charge in [-0.3, -0.25) is 4.90 Å². The molecule has 18 heavy (non-hydrogen) atoms. The molecule has 2 fully saturated rings. The van der Waals surface area contributed by atoms with Crippen molar-refractivity contribution >= 4 is 0 Å². The summed E-state index contributed by atoms with van der Waals surface area (Å²) in [6, 6.07) is 1.98. The Balaban J connectivity index is 2.00. The van der Waals surface area contributed by atoms with Crippen molar-refractivity contribution in [3.63, 3.8) is 0 Å². The molecule has 1 saturated carbocycles. The molecule has 1 saturated heterocycles. The predicted octanol–water partition coefficient (Wildman–Crippen LogP) is 2.12. The highest BCUT2D eigenvalue weighted by Crippen LogP contribution is 2.33. The minimum atomic E-state index is 0.636. The maximum absolute atomic E-state index is 5.55. The molecule has 2 aliphatic rings. The molecule has 1 N–H and O–H groups in total. The Morgan fingerprint density at radius 1 is 1.22 bits per heavy atom. The van der Waals surface area contributed by atoms with Crippen molar-refractivity contribution in [3.8, 4) is 0 Å². The van der Waals surface area contributed by atoms with Crippen molar-refractivity contribution in [2.24, 2.45) is 11.8 Å². The first kappa shape index (κ1) is 14.3. The van der Waals surface area contributed by atoms with E-state index in [1.165, 1.54) is 25.7 Å². The Labute approximate surface area is 112 Å². The van der Waals surface area contributed by atoms with E-state index >= 15 is 0 Å². The van der Waals surface area contributed by atoms with Gasteiger partial charge in [-0.15, -0.1) is 0 Å². The molecule has 106 valence electrons. The second-order valence-electron chi connectivity index (χ2n) is 6.46. The van der Waals surface area contributed by atoms with Gasteiger partial charge in [-0.05, 0) is 51.6 Å². The van der Waals surface area contributed by atoms with Gasteiger partial charge in [-0.25, -0.2) is 0 Å². The number of likely N-dealkylation sites (N-methyl/N-ethyl adjacent to an activating group) is 2. The van der Waals surface area contributed by atoms with Crippen LogP contribution in [0.25, 0.3) is 0 Å². The highest BCUT2D eigenvalue weighted by Gasteiger charge is 2.36. The van der Waals surface area contributed by atoms with Gasteiger partial charge in [0.1, 0.15) is 0 Å². The van der Waals surface area contributed by atoms with Crippen molar-refractivity contribution in [1.29, 1.82) is 0 Å². The zero-order valence-corrected chi connectivity index (χ0v) is 12.5. The van der Waals surface area contributed by atoms with Crippen molar-refractivity contribution < 1.29 is 4.74 Å². The number of hydrogen-bond donors (Lipinski definition) is 1. The third kappa shape index (κ3) is 3.06. The van der Waals surface area contributed by atoms with E-state index in [2.05, 4.69) is 38.2 Å². The van der Waals surface area contributed by atoms with E-state index in [1.807, 2.05) is 0 Å². The number of nitrogens with one attached hydrogen (secondary N) is 1. The monoisotopic (exact) mass is 254 g/mol. The van der Waals surface area contributed by atoms with Crippen molar-refractivity contribution in [2.45, 2.75) is 57.7 Å². The zero-order valence-electron chi connectivity index (χ0n) is 12.5. The molecule has 0 aromatic rings. The second kappa shape index (κ2) is 6.36. The number of nitrogens with zero attached hydrogens (tertiary/aromatic N) is 1. The van der Waals surface area contributed by atoms with Crippen LogP contribution in [-0.4, -0.2) is 50.3 Å². The van der Waals surface area contributed by atoms with E-state index in [9.17, 15) is 0 Å². The van der Waals surface area contributed by atoms with Gasteiger partial charge < -0.3 is 10.1 Å². The number of ether oxygens (including phenoxy) is 1. The molecule has 0 amide bonds. The van der Waals surface area contributed by atoms with Gasteiger partial charge in [0.15, 0.2) is 0 Å². The van der Waals surface area contributed by atoms with Crippen LogP contribution in [0.3, 0.4) is 0 Å². The molecule has 1 heterocycles. The van der Waals surface area contributed by atoms with E-state index in [0.717, 1.165) is 25.0 Å². The van der Waals surface area contributed by atoms with Crippen LogP contribution in [0.4, 0.5) is 0 Å². The molecular formula is C15H30N2O. The highest BCUT2D eigenvalue weighted by atomic mass is 16.5. The lowest BCUT2D eigenvalue weighted by Crippen LogP contribution is -2.54. The van der Waals surface area contributed by atoms with Gasteiger partial charge >= 0.3 is 0 Å². The first-order valence-electron chi connectivity index (χ1n) is 7.60. The summed E-state index contributed by atoms with van der Waals surface area (Å²) >= 11 is 0. The molecule has 3 nitrogen and oxygen atoms in total. The molecule has 0 aromatic carbocycles. The summed E-state index contributed by atoms with van der Waals surface area (Å²) in [6.07, 6.45) is 5.25. The highest BCUT2D eigenvalue weighted by molar-refractivity contribution is 4.93. The minimum Gasteiger partial charge on any atom is -0.380 e. The van der Waals surface area contributed by atoms with E-state index in [-0.39, 0.29) is 0 Å². The average molecular weight is 254 g/mol. The average Bonchev–Trinajstić information content (AvgIpc) is 2.90. The quantitative estimate of drug-likeness (QED) is 0.832. The lowest BCUT2D eigenvalue weighted by Gasteiger charge is -2.44. The van der Waals surface area contributed by atoms with Crippen LogP contribution in [0.5, 0.6) is 0 Å². The van der Waals surface area contributed by atoms with Crippen LogP contribution in [0.2, 0.25) is 0 Å². The first-order chi connectivity index (χ1) is 8.63. The fourth-order valence-corrected chi connectivity index (χ4v) is 3.68. The molecule has 0 radical (unpaired) electrons. The van der Waals surface area contributed by atoms with Gasteiger partial charge in [-0.2, -0.15) is 0 Å². The molecule has 0 bridgehead atoms. The summed E-state index contributed by atoms with van der Waals surface area (Å²) in [5.74, 6) is 1.71. The van der Waals surface area contributed by atoms with Gasteiger partial charge in [0.25, 0.3) is 0 Å². The molecule has 3 heteroatoms. The summed E-state index contributed by atoms with van der Waals surface area (Å²) in [5, 5.41) is 3.54. The van der Waals surface area contributed by atoms with Crippen molar-refractivity contribution in [3.05, 3.63) is 0 Å². The van der Waals surface area contributed by atoms with Gasteiger partial charge in [0.2, 0.25) is 0 Å². The lowest BCUT2D eigenvalue weighted by atomic mass is 9.76. The SMILES string of the molecule is CNC1CCC(C(C)C)CC1N(C)C1CCOC1. The molecule has 1 aliphatic heterocycles. The summed E-state index contributed by atoms with van der Waals surface area (Å²) in [7, 11) is 4.42. The Hall–Kier alpha value is -0.120. The van der Waals surface area contributed by atoms with E-state index in [0.29, 0.717) is 18.1 Å². The van der Waals surface area contributed by atoms with Gasteiger partial charge in [0.05, 0.1) is 6.61 Å². The molecule has 4 unspecified atom stereocenters. The summed E-state index contributed by atoms with van der Waals surface area (Å²) in [6.45, 7) is 6.62. The maximum Gasteiger partial charge on any atom is 0.0622 e. The fraction of sp³-hybridized carbons (Fsp3) is 1.00. The standard InChI is InChI=1S/C15H30N2O/c1-11(2)12-5-6-14(16-3)15(9-12)17(4)13-7-8-18-10-13/h11-16H,5-10H2,1-4H3. The van der Waals surface area contributed by atoms with Crippen LogP contribution in [-0.2, 0) is 4.74 Å². The maximum atomic E-state index is 5.55. The van der Waals surface area contributed by atoms with Crippen LogP contribution >= 0.6 is 0 Å². The molecular weight excluding hydrogens is 224 g/mol. The Bertz CT molecular complexity index is 251. The zero-order chi connectivity index (χ0) is 13.1. The third-order valence-corrected chi connectivity index (χ3v) is 5.18. The summed E-state index contributed by atoms with van der Waals surface area (Å²) in [5.41, 5.74) is 0. The first-order valence-corrected chi connectivity index (χ1v) is 7.60. The largest absolute Gasteiger partial charge is 0.380 e. The van der Waals surface area contributed by atoms with E-state index < -0.39 is 0 Å². The second-order valence-corrected chi connectivity index (χ2v) is 6.46. The third-order valence-electron chi connectivity index (χ3n) is 5.18. The molecule has 0 aromatic heterocycles. The minimum absolute atomic E-state index is 0.636.